The summed E-state index contributed by atoms with van der Waals surface area (Å²) in [5.74, 6) is -1.09. The Hall–Kier alpha value is -3.16. The number of para-hydroxylation sites is 2. The summed E-state index contributed by atoms with van der Waals surface area (Å²) < 4.78 is 15.4. The van der Waals surface area contributed by atoms with Crippen LogP contribution in [0.2, 0.25) is 5.02 Å². The minimum Gasteiger partial charge on any atom is -0.323 e. The molecule has 3 aromatic carbocycles. The molecule has 0 atom stereocenters. The van der Waals surface area contributed by atoms with Gasteiger partial charge in [-0.2, -0.15) is 0 Å². The second-order valence-corrected chi connectivity index (χ2v) is 8.18. The van der Waals surface area contributed by atoms with E-state index in [-0.39, 0.29) is 17.0 Å². The Morgan fingerprint density at radius 3 is 2.68 bits per heavy atom. The zero-order valence-electron chi connectivity index (χ0n) is 16.4. The highest BCUT2D eigenvalue weighted by molar-refractivity contribution is 7.99. The number of nitrogens with one attached hydrogen (secondary N) is 1. The number of carbonyl (C=O) groups excluding carboxylic acids is 1. The number of amides is 1. The average molecular weight is 454 g/mol. The molecule has 4 rings (SSSR count). The van der Waals surface area contributed by atoms with Crippen LogP contribution in [0.4, 0.5) is 10.1 Å². The summed E-state index contributed by atoms with van der Waals surface area (Å²) in [6.45, 7) is 1.90. The van der Waals surface area contributed by atoms with Crippen molar-refractivity contribution < 1.29 is 9.18 Å². The largest absolute Gasteiger partial charge is 0.323 e. The number of rotatable bonds is 5. The molecular weight excluding hydrogens is 437 g/mol. The van der Waals surface area contributed by atoms with E-state index >= 15 is 0 Å². The molecule has 0 bridgehead atoms. The van der Waals surface area contributed by atoms with Crippen molar-refractivity contribution in [3.8, 4) is 5.69 Å². The summed E-state index contributed by atoms with van der Waals surface area (Å²) in [7, 11) is 0. The lowest BCUT2D eigenvalue weighted by Crippen LogP contribution is -2.23. The van der Waals surface area contributed by atoms with Gasteiger partial charge in [0.1, 0.15) is 5.82 Å². The molecule has 1 aromatic heterocycles. The van der Waals surface area contributed by atoms with Gasteiger partial charge in [-0.15, -0.1) is 0 Å². The highest BCUT2D eigenvalue weighted by atomic mass is 35.5. The standard InChI is InChI=1S/C23H17ClFN3O2S/c1-14-6-2-5-9-20(14)28-22(30)16-7-3-4-8-18(16)27-23(28)31-13-21(29)26-19-12-15(24)10-11-17(19)25/h2-12H,13H2,1H3,(H,26,29). The van der Waals surface area contributed by atoms with Crippen LogP contribution in [0.3, 0.4) is 0 Å². The maximum Gasteiger partial charge on any atom is 0.266 e. The van der Waals surface area contributed by atoms with Crippen molar-refractivity contribution in [2.75, 3.05) is 11.1 Å². The normalized spacial score (nSPS) is 10.9. The van der Waals surface area contributed by atoms with Gasteiger partial charge in [0, 0.05) is 5.02 Å². The number of hydrogen-bond donors (Lipinski definition) is 1. The molecule has 0 fully saturated rings. The number of benzene rings is 3. The molecule has 1 N–H and O–H groups in total. The number of fused-ring (bicyclic) bond motifs is 1. The van der Waals surface area contributed by atoms with Gasteiger partial charge in [0.15, 0.2) is 5.16 Å². The Bertz CT molecular complexity index is 1360. The first kappa shape index (κ1) is 21.1. The van der Waals surface area contributed by atoms with Gasteiger partial charge >= 0.3 is 0 Å². The SMILES string of the molecule is Cc1ccccc1-n1c(SCC(=O)Nc2cc(Cl)ccc2F)nc2ccccc2c1=O. The Labute approximate surface area is 186 Å². The van der Waals surface area contributed by atoms with Crippen LogP contribution in [0.25, 0.3) is 16.6 Å². The molecule has 0 aliphatic heterocycles. The number of carbonyl (C=O) groups is 1. The van der Waals surface area contributed by atoms with Crippen molar-refractivity contribution in [2.45, 2.75) is 12.1 Å². The van der Waals surface area contributed by atoms with Gasteiger partial charge in [-0.05, 0) is 48.9 Å². The molecule has 0 saturated carbocycles. The molecule has 0 unspecified atom stereocenters. The van der Waals surface area contributed by atoms with Crippen molar-refractivity contribution >= 4 is 45.9 Å². The third-order valence-corrected chi connectivity index (χ3v) is 5.81. The number of thioether (sulfide) groups is 1. The predicted molar refractivity (Wildman–Crippen MR) is 123 cm³/mol. The summed E-state index contributed by atoms with van der Waals surface area (Å²) in [6.07, 6.45) is 0. The summed E-state index contributed by atoms with van der Waals surface area (Å²) in [5.41, 5.74) is 1.91. The molecule has 0 radical (unpaired) electrons. The third kappa shape index (κ3) is 4.47. The van der Waals surface area contributed by atoms with Crippen LogP contribution < -0.4 is 10.9 Å². The van der Waals surface area contributed by atoms with Crippen LogP contribution in [-0.4, -0.2) is 21.2 Å². The summed E-state index contributed by atoms with van der Waals surface area (Å²) in [6, 6.07) is 18.5. The first-order valence-electron chi connectivity index (χ1n) is 9.39. The van der Waals surface area contributed by atoms with Crippen LogP contribution in [0, 0.1) is 12.7 Å². The van der Waals surface area contributed by atoms with Gasteiger partial charge in [0.05, 0.1) is 28.0 Å². The fourth-order valence-electron chi connectivity index (χ4n) is 3.15. The summed E-state index contributed by atoms with van der Waals surface area (Å²) >= 11 is 6.98. The topological polar surface area (TPSA) is 64.0 Å². The van der Waals surface area contributed by atoms with E-state index in [1.54, 1.807) is 24.3 Å². The second-order valence-electron chi connectivity index (χ2n) is 6.80. The van der Waals surface area contributed by atoms with E-state index in [2.05, 4.69) is 10.3 Å². The van der Waals surface area contributed by atoms with Crippen LogP contribution in [-0.2, 0) is 4.79 Å². The van der Waals surface area contributed by atoms with E-state index in [1.165, 1.54) is 22.8 Å². The first-order chi connectivity index (χ1) is 14.9. The number of aryl methyl sites for hydroxylation is 1. The fourth-order valence-corrected chi connectivity index (χ4v) is 4.12. The van der Waals surface area contributed by atoms with Crippen LogP contribution in [0.1, 0.15) is 5.56 Å². The highest BCUT2D eigenvalue weighted by Crippen LogP contribution is 2.24. The molecule has 5 nitrogen and oxygen atoms in total. The van der Waals surface area contributed by atoms with Crippen molar-refractivity contribution in [3.63, 3.8) is 0 Å². The number of anilines is 1. The lowest BCUT2D eigenvalue weighted by atomic mass is 10.2. The fraction of sp³-hybridized carbons (Fsp3) is 0.0870. The molecular formula is C23H17ClFN3O2S. The predicted octanol–water partition coefficient (Wildman–Crippen LogP) is 5.22. The Morgan fingerprint density at radius 1 is 1.13 bits per heavy atom. The molecule has 156 valence electrons. The molecule has 8 heteroatoms. The lowest BCUT2D eigenvalue weighted by molar-refractivity contribution is -0.113. The molecule has 4 aromatic rings. The van der Waals surface area contributed by atoms with Crippen molar-refractivity contribution in [1.29, 1.82) is 0 Å². The van der Waals surface area contributed by atoms with E-state index in [1.807, 2.05) is 31.2 Å². The molecule has 0 aliphatic rings. The van der Waals surface area contributed by atoms with Crippen LogP contribution >= 0.6 is 23.4 Å². The van der Waals surface area contributed by atoms with Gasteiger partial charge in [0.25, 0.3) is 5.56 Å². The lowest BCUT2D eigenvalue weighted by Gasteiger charge is -2.15. The van der Waals surface area contributed by atoms with Gasteiger partial charge < -0.3 is 5.32 Å². The zero-order valence-corrected chi connectivity index (χ0v) is 18.0. The first-order valence-corrected chi connectivity index (χ1v) is 10.8. The van der Waals surface area contributed by atoms with Crippen molar-refractivity contribution in [3.05, 3.63) is 93.5 Å². The Kier molecular flexibility index (Phi) is 6.06. The molecule has 1 amide bonds. The van der Waals surface area contributed by atoms with Gasteiger partial charge in [-0.1, -0.05) is 53.7 Å². The Morgan fingerprint density at radius 2 is 1.87 bits per heavy atom. The number of nitrogens with zero attached hydrogens (tertiary/aromatic N) is 2. The maximum absolute atomic E-state index is 13.9. The molecule has 31 heavy (non-hydrogen) atoms. The molecule has 0 spiro atoms. The quantitative estimate of drug-likeness (QED) is 0.332. The maximum atomic E-state index is 13.9. The Balaban J connectivity index is 1.69. The van der Waals surface area contributed by atoms with Gasteiger partial charge in [-0.25, -0.2) is 9.37 Å². The van der Waals surface area contributed by atoms with Crippen molar-refractivity contribution in [1.82, 2.24) is 9.55 Å². The summed E-state index contributed by atoms with van der Waals surface area (Å²) in [5, 5.41) is 3.68. The van der Waals surface area contributed by atoms with E-state index in [4.69, 9.17) is 11.6 Å². The molecule has 1 heterocycles. The van der Waals surface area contributed by atoms with E-state index in [9.17, 15) is 14.0 Å². The van der Waals surface area contributed by atoms with Crippen LogP contribution in [0.5, 0.6) is 0 Å². The number of hydrogen-bond acceptors (Lipinski definition) is 4. The van der Waals surface area contributed by atoms with E-state index in [0.717, 1.165) is 17.3 Å². The van der Waals surface area contributed by atoms with Crippen LogP contribution in [0.15, 0.2) is 76.7 Å². The van der Waals surface area contributed by atoms with Crippen molar-refractivity contribution in [2.24, 2.45) is 0 Å². The van der Waals surface area contributed by atoms with Gasteiger partial charge in [-0.3, -0.25) is 14.2 Å². The molecule has 0 saturated heterocycles. The molecule has 0 aliphatic carbocycles. The number of halogens is 2. The highest BCUT2D eigenvalue weighted by Gasteiger charge is 2.16. The van der Waals surface area contributed by atoms with E-state index < -0.39 is 11.7 Å². The minimum atomic E-state index is -0.580. The smallest absolute Gasteiger partial charge is 0.266 e. The van der Waals surface area contributed by atoms with E-state index in [0.29, 0.717) is 26.8 Å². The van der Waals surface area contributed by atoms with Gasteiger partial charge in [0.2, 0.25) is 5.91 Å². The average Bonchev–Trinajstić information content (AvgIpc) is 2.76. The monoisotopic (exact) mass is 453 g/mol. The zero-order chi connectivity index (χ0) is 22.0. The third-order valence-electron chi connectivity index (χ3n) is 4.64. The minimum absolute atomic E-state index is 0.000801. The number of aromatic nitrogens is 2. The summed E-state index contributed by atoms with van der Waals surface area (Å²) in [4.78, 5) is 30.3. The second kappa shape index (κ2) is 8.91.